The molecular weight excluding hydrogens is 282 g/mol. The summed E-state index contributed by atoms with van der Waals surface area (Å²) in [6, 6.07) is 3.55. The van der Waals surface area contributed by atoms with E-state index in [0.29, 0.717) is 17.7 Å². The smallest absolute Gasteiger partial charge is 0.397 e. The number of amides is 1. The molecule has 22 heavy (non-hydrogen) atoms. The predicted molar refractivity (Wildman–Crippen MR) is 83.0 cm³/mol. The van der Waals surface area contributed by atoms with Crippen molar-refractivity contribution in [2.75, 3.05) is 11.9 Å². The second-order valence-electron chi connectivity index (χ2n) is 5.51. The molecule has 2 rings (SSSR count). The Labute approximate surface area is 130 Å². The van der Waals surface area contributed by atoms with Crippen LogP contribution in [-0.4, -0.2) is 24.3 Å². The number of carbonyl (C=O) groups is 3. The van der Waals surface area contributed by atoms with Crippen LogP contribution < -0.4 is 5.32 Å². The van der Waals surface area contributed by atoms with Crippen molar-refractivity contribution in [2.24, 2.45) is 0 Å². The monoisotopic (exact) mass is 303 g/mol. The fourth-order valence-corrected chi connectivity index (χ4v) is 3.05. The summed E-state index contributed by atoms with van der Waals surface area (Å²) < 4.78 is 4.67. The van der Waals surface area contributed by atoms with Gasteiger partial charge in [-0.3, -0.25) is 9.59 Å². The molecule has 0 bridgehead atoms. The van der Waals surface area contributed by atoms with Crippen molar-refractivity contribution >= 4 is 23.3 Å². The molecule has 0 heterocycles. The number of ether oxygens (including phenoxy) is 1. The first-order valence-electron chi connectivity index (χ1n) is 7.64. The van der Waals surface area contributed by atoms with Crippen LogP contribution in [0.5, 0.6) is 0 Å². The molecular formula is C17H21NO4. The minimum atomic E-state index is -0.938. The normalized spacial score (nSPS) is 16.3. The molecule has 5 nitrogen and oxygen atoms in total. The molecule has 1 amide bonds. The van der Waals surface area contributed by atoms with Crippen LogP contribution in [0.1, 0.15) is 60.5 Å². The Kier molecular flexibility index (Phi) is 4.96. The van der Waals surface area contributed by atoms with Gasteiger partial charge in [-0.1, -0.05) is 19.4 Å². The highest BCUT2D eigenvalue weighted by Crippen LogP contribution is 2.41. The summed E-state index contributed by atoms with van der Waals surface area (Å²) in [7, 11) is 0. The number of ketones is 1. The van der Waals surface area contributed by atoms with Gasteiger partial charge in [0, 0.05) is 12.0 Å². The van der Waals surface area contributed by atoms with Gasteiger partial charge < -0.3 is 10.1 Å². The maximum absolute atomic E-state index is 12.3. The van der Waals surface area contributed by atoms with Crippen LogP contribution >= 0.6 is 0 Å². The first kappa shape index (κ1) is 16.2. The fraction of sp³-hybridized carbons (Fsp3) is 0.471. The summed E-state index contributed by atoms with van der Waals surface area (Å²) in [6.45, 7) is 5.82. The molecule has 118 valence electrons. The molecule has 5 heteroatoms. The number of esters is 1. The number of fused-ring (bicyclic) bond motifs is 1. The van der Waals surface area contributed by atoms with E-state index < -0.39 is 11.9 Å². The number of aryl methyl sites for hydroxylation is 1. The van der Waals surface area contributed by atoms with Crippen molar-refractivity contribution in [3.63, 3.8) is 0 Å². The first-order valence-corrected chi connectivity index (χ1v) is 7.64. The molecule has 0 aromatic heterocycles. The van der Waals surface area contributed by atoms with Gasteiger partial charge in [-0.05, 0) is 43.4 Å². The lowest BCUT2D eigenvalue weighted by atomic mass is 9.92. The lowest BCUT2D eigenvalue weighted by Crippen LogP contribution is -2.25. The Hall–Kier alpha value is -2.17. The van der Waals surface area contributed by atoms with Crippen LogP contribution in [0.15, 0.2) is 12.1 Å². The largest absolute Gasteiger partial charge is 0.459 e. The number of carbonyl (C=O) groups excluding carboxylic acids is 3. The van der Waals surface area contributed by atoms with E-state index in [4.69, 9.17) is 0 Å². The third kappa shape index (κ3) is 3.03. The first-order chi connectivity index (χ1) is 10.5. The summed E-state index contributed by atoms with van der Waals surface area (Å²) in [5.41, 5.74) is 3.01. The van der Waals surface area contributed by atoms with Gasteiger partial charge >= 0.3 is 11.9 Å². The third-order valence-corrected chi connectivity index (χ3v) is 3.93. The Morgan fingerprint density at radius 1 is 1.32 bits per heavy atom. The minimum Gasteiger partial charge on any atom is -0.459 e. The Bertz CT molecular complexity index is 621. The highest BCUT2D eigenvalue weighted by Gasteiger charge is 2.33. The zero-order valence-corrected chi connectivity index (χ0v) is 13.2. The number of rotatable bonds is 4. The average Bonchev–Trinajstić information content (AvgIpc) is 2.80. The minimum absolute atomic E-state index is 0.0244. The van der Waals surface area contributed by atoms with Gasteiger partial charge in [0.15, 0.2) is 5.78 Å². The van der Waals surface area contributed by atoms with E-state index in [-0.39, 0.29) is 18.3 Å². The van der Waals surface area contributed by atoms with Crippen molar-refractivity contribution in [1.29, 1.82) is 0 Å². The van der Waals surface area contributed by atoms with Crippen LogP contribution in [0, 0.1) is 6.92 Å². The van der Waals surface area contributed by atoms with Gasteiger partial charge in [-0.15, -0.1) is 0 Å². The SMILES string of the molecule is CCCC1CC(=O)c2c(NC(=O)C(=O)OCC)ccc(C)c21. The molecule has 0 radical (unpaired) electrons. The van der Waals surface area contributed by atoms with E-state index in [1.54, 1.807) is 13.0 Å². The highest BCUT2D eigenvalue weighted by atomic mass is 16.5. The van der Waals surface area contributed by atoms with Crippen LogP contribution in [-0.2, 0) is 14.3 Å². The summed E-state index contributed by atoms with van der Waals surface area (Å²) in [5, 5.41) is 2.51. The van der Waals surface area contributed by atoms with Gasteiger partial charge in [0.25, 0.3) is 0 Å². The van der Waals surface area contributed by atoms with E-state index >= 15 is 0 Å². The zero-order valence-electron chi connectivity index (χ0n) is 13.2. The second kappa shape index (κ2) is 6.73. The summed E-state index contributed by atoms with van der Waals surface area (Å²) in [5.74, 6) is -1.56. The van der Waals surface area contributed by atoms with Crippen LogP contribution in [0.25, 0.3) is 0 Å². The highest BCUT2D eigenvalue weighted by molar-refractivity contribution is 6.37. The average molecular weight is 303 g/mol. The predicted octanol–water partition coefficient (Wildman–Crippen LogP) is 2.97. The molecule has 1 aromatic carbocycles. The Morgan fingerprint density at radius 2 is 2.05 bits per heavy atom. The summed E-state index contributed by atoms with van der Waals surface area (Å²) in [4.78, 5) is 35.6. The fourth-order valence-electron chi connectivity index (χ4n) is 3.05. The van der Waals surface area contributed by atoms with Crippen LogP contribution in [0.4, 0.5) is 5.69 Å². The maximum Gasteiger partial charge on any atom is 0.397 e. The van der Waals surface area contributed by atoms with Gasteiger partial charge in [-0.2, -0.15) is 0 Å². The van der Waals surface area contributed by atoms with Crippen molar-refractivity contribution < 1.29 is 19.1 Å². The van der Waals surface area contributed by atoms with Crippen molar-refractivity contribution in [3.8, 4) is 0 Å². The van der Waals surface area contributed by atoms with E-state index in [0.717, 1.165) is 24.0 Å². The van der Waals surface area contributed by atoms with E-state index in [1.165, 1.54) is 0 Å². The number of benzene rings is 1. The van der Waals surface area contributed by atoms with E-state index in [2.05, 4.69) is 17.0 Å². The van der Waals surface area contributed by atoms with E-state index in [9.17, 15) is 14.4 Å². The zero-order chi connectivity index (χ0) is 16.3. The summed E-state index contributed by atoms with van der Waals surface area (Å²) >= 11 is 0. The van der Waals surface area contributed by atoms with Crippen molar-refractivity contribution in [1.82, 2.24) is 0 Å². The molecule has 0 spiro atoms. The number of Topliss-reactive ketones (excluding diaryl/α,β-unsaturated/α-hetero) is 1. The number of hydrogen-bond donors (Lipinski definition) is 1. The Balaban J connectivity index is 2.34. The molecule has 1 aromatic rings. The molecule has 0 fully saturated rings. The van der Waals surface area contributed by atoms with Gasteiger partial charge in [0.1, 0.15) is 0 Å². The molecule has 0 saturated heterocycles. The van der Waals surface area contributed by atoms with Gasteiger partial charge in [0.05, 0.1) is 12.3 Å². The number of nitrogens with one attached hydrogen (secondary N) is 1. The quantitative estimate of drug-likeness (QED) is 0.685. The van der Waals surface area contributed by atoms with Crippen molar-refractivity contribution in [3.05, 3.63) is 28.8 Å². The molecule has 1 aliphatic rings. The maximum atomic E-state index is 12.3. The molecule has 1 aliphatic carbocycles. The number of anilines is 1. The van der Waals surface area contributed by atoms with E-state index in [1.807, 2.05) is 13.0 Å². The molecule has 1 atom stereocenters. The topological polar surface area (TPSA) is 72.5 Å². The lowest BCUT2D eigenvalue weighted by molar-refractivity contribution is -0.152. The molecule has 1 unspecified atom stereocenters. The standard InChI is InChI=1S/C17H21NO4/c1-4-6-11-9-13(19)15-12(8-7-10(3)14(11)15)18-16(20)17(21)22-5-2/h7-8,11H,4-6,9H2,1-3H3,(H,18,20). The second-order valence-corrected chi connectivity index (χ2v) is 5.51. The van der Waals surface area contributed by atoms with Crippen molar-refractivity contribution in [2.45, 2.75) is 46.0 Å². The molecule has 0 aliphatic heterocycles. The third-order valence-electron chi connectivity index (χ3n) is 3.93. The van der Waals surface area contributed by atoms with Crippen LogP contribution in [0.2, 0.25) is 0 Å². The Morgan fingerprint density at radius 3 is 2.68 bits per heavy atom. The summed E-state index contributed by atoms with van der Waals surface area (Å²) in [6.07, 6.45) is 2.40. The number of hydrogen-bond acceptors (Lipinski definition) is 4. The van der Waals surface area contributed by atoms with Crippen LogP contribution in [0.3, 0.4) is 0 Å². The van der Waals surface area contributed by atoms with Gasteiger partial charge in [-0.25, -0.2) is 4.79 Å². The lowest BCUT2D eigenvalue weighted by Gasteiger charge is -2.14. The molecule has 1 N–H and O–H groups in total. The molecule has 0 saturated carbocycles. The van der Waals surface area contributed by atoms with Gasteiger partial charge in [0.2, 0.25) is 0 Å².